The van der Waals surface area contributed by atoms with Crippen LogP contribution in [-0.4, -0.2) is 30.6 Å². The molecule has 3 heteroatoms. The fraction of sp³-hybridized carbons (Fsp3) is 0.600. The van der Waals surface area contributed by atoms with E-state index in [4.69, 9.17) is 10.5 Å². The van der Waals surface area contributed by atoms with Gasteiger partial charge in [-0.2, -0.15) is 0 Å². The van der Waals surface area contributed by atoms with Crippen molar-refractivity contribution in [2.45, 2.75) is 38.6 Å². The van der Waals surface area contributed by atoms with E-state index >= 15 is 0 Å². The summed E-state index contributed by atoms with van der Waals surface area (Å²) in [5.74, 6) is 0.808. The highest BCUT2D eigenvalue weighted by Gasteiger charge is 2.20. The highest BCUT2D eigenvalue weighted by Crippen LogP contribution is 2.21. The van der Waals surface area contributed by atoms with E-state index in [0.717, 1.165) is 30.6 Å². The summed E-state index contributed by atoms with van der Waals surface area (Å²) < 4.78 is 5.77. The first-order valence-corrected chi connectivity index (χ1v) is 7.02. The molecule has 0 spiro atoms. The standard InChI is InChI=1S/C15H24N2O/c1-2-13-7-5-6-10-17(13)11-12-18-15-9-4-3-8-14(15)16/h3-4,8-9,13H,2,5-7,10-12,16H2,1H3. The molecule has 18 heavy (non-hydrogen) atoms. The molecule has 1 aromatic carbocycles. The number of nitrogens with two attached hydrogens (primary N) is 1. The van der Waals surface area contributed by atoms with Crippen molar-refractivity contribution in [3.05, 3.63) is 24.3 Å². The van der Waals surface area contributed by atoms with Gasteiger partial charge in [-0.15, -0.1) is 0 Å². The number of ether oxygens (including phenoxy) is 1. The number of nitrogens with zero attached hydrogens (tertiary/aromatic N) is 1. The minimum absolute atomic E-state index is 0.725. The van der Waals surface area contributed by atoms with E-state index in [1.54, 1.807) is 0 Å². The summed E-state index contributed by atoms with van der Waals surface area (Å²) in [6, 6.07) is 8.45. The quantitative estimate of drug-likeness (QED) is 0.814. The molecule has 1 saturated heterocycles. The molecule has 0 saturated carbocycles. The zero-order valence-electron chi connectivity index (χ0n) is 11.3. The lowest BCUT2D eigenvalue weighted by molar-refractivity contribution is 0.120. The minimum Gasteiger partial charge on any atom is -0.490 e. The van der Waals surface area contributed by atoms with Crippen LogP contribution in [0, 0.1) is 0 Å². The molecular weight excluding hydrogens is 224 g/mol. The molecule has 1 aromatic rings. The zero-order chi connectivity index (χ0) is 12.8. The van der Waals surface area contributed by atoms with Gasteiger partial charge in [0.15, 0.2) is 0 Å². The van der Waals surface area contributed by atoms with Crippen LogP contribution in [0.2, 0.25) is 0 Å². The summed E-state index contributed by atoms with van der Waals surface area (Å²) >= 11 is 0. The molecule has 3 nitrogen and oxygen atoms in total. The van der Waals surface area contributed by atoms with E-state index in [0.29, 0.717) is 0 Å². The summed E-state index contributed by atoms with van der Waals surface area (Å²) in [6.07, 6.45) is 5.28. The van der Waals surface area contributed by atoms with E-state index < -0.39 is 0 Å². The van der Waals surface area contributed by atoms with Crippen molar-refractivity contribution in [1.82, 2.24) is 4.90 Å². The summed E-state index contributed by atoms with van der Waals surface area (Å²) in [5, 5.41) is 0. The van der Waals surface area contributed by atoms with Crippen LogP contribution in [0.1, 0.15) is 32.6 Å². The first-order chi connectivity index (χ1) is 8.81. The third-order valence-electron chi connectivity index (χ3n) is 3.78. The smallest absolute Gasteiger partial charge is 0.142 e. The van der Waals surface area contributed by atoms with Crippen molar-refractivity contribution in [3.63, 3.8) is 0 Å². The molecule has 1 aliphatic heterocycles. The number of piperidine rings is 1. The van der Waals surface area contributed by atoms with Crippen LogP contribution in [0.5, 0.6) is 5.75 Å². The lowest BCUT2D eigenvalue weighted by Gasteiger charge is -2.35. The van der Waals surface area contributed by atoms with Gasteiger partial charge in [0.2, 0.25) is 0 Å². The molecule has 0 aromatic heterocycles. The van der Waals surface area contributed by atoms with E-state index in [1.807, 2.05) is 24.3 Å². The van der Waals surface area contributed by atoms with E-state index in [-0.39, 0.29) is 0 Å². The Hall–Kier alpha value is -1.22. The van der Waals surface area contributed by atoms with Crippen LogP contribution < -0.4 is 10.5 Å². The van der Waals surface area contributed by atoms with Gasteiger partial charge in [-0.3, -0.25) is 4.90 Å². The summed E-state index contributed by atoms with van der Waals surface area (Å²) in [5.41, 5.74) is 6.58. The van der Waals surface area contributed by atoms with E-state index in [2.05, 4.69) is 11.8 Å². The predicted octanol–water partition coefficient (Wildman–Crippen LogP) is 2.91. The molecule has 0 radical (unpaired) electrons. The van der Waals surface area contributed by atoms with Crippen molar-refractivity contribution >= 4 is 5.69 Å². The third kappa shape index (κ3) is 3.39. The monoisotopic (exact) mass is 248 g/mol. The maximum Gasteiger partial charge on any atom is 0.142 e. The number of hydrogen-bond donors (Lipinski definition) is 1. The molecule has 1 fully saturated rings. The first kappa shape index (κ1) is 13.2. The number of nitrogen functional groups attached to an aromatic ring is 1. The number of para-hydroxylation sites is 2. The maximum absolute atomic E-state index is 5.85. The molecule has 0 amide bonds. The molecule has 0 bridgehead atoms. The number of benzene rings is 1. The Balaban J connectivity index is 1.79. The third-order valence-corrected chi connectivity index (χ3v) is 3.78. The SMILES string of the molecule is CCC1CCCCN1CCOc1ccccc1N. The first-order valence-electron chi connectivity index (χ1n) is 7.02. The van der Waals surface area contributed by atoms with Crippen LogP contribution >= 0.6 is 0 Å². The van der Waals surface area contributed by atoms with Gasteiger partial charge >= 0.3 is 0 Å². The molecule has 1 unspecified atom stereocenters. The van der Waals surface area contributed by atoms with E-state index in [1.165, 1.54) is 32.2 Å². The number of hydrogen-bond acceptors (Lipinski definition) is 3. The van der Waals surface area contributed by atoms with Crippen LogP contribution in [0.3, 0.4) is 0 Å². The number of rotatable bonds is 5. The van der Waals surface area contributed by atoms with Crippen LogP contribution in [0.4, 0.5) is 5.69 Å². The van der Waals surface area contributed by atoms with Gasteiger partial charge in [-0.1, -0.05) is 25.5 Å². The molecule has 2 rings (SSSR count). The van der Waals surface area contributed by atoms with Gasteiger partial charge in [-0.05, 0) is 37.9 Å². The maximum atomic E-state index is 5.85. The topological polar surface area (TPSA) is 38.5 Å². The second kappa shape index (κ2) is 6.64. The molecule has 0 aliphatic carbocycles. The molecule has 2 N–H and O–H groups in total. The molecule has 100 valence electrons. The highest BCUT2D eigenvalue weighted by atomic mass is 16.5. The Morgan fingerprint density at radius 3 is 2.94 bits per heavy atom. The van der Waals surface area contributed by atoms with Crippen molar-refractivity contribution in [3.8, 4) is 5.75 Å². The number of likely N-dealkylation sites (tertiary alicyclic amines) is 1. The highest BCUT2D eigenvalue weighted by molar-refractivity contribution is 5.51. The predicted molar refractivity (Wildman–Crippen MR) is 75.9 cm³/mol. The van der Waals surface area contributed by atoms with Crippen LogP contribution in [0.15, 0.2) is 24.3 Å². The summed E-state index contributed by atoms with van der Waals surface area (Å²) in [4.78, 5) is 2.56. The number of anilines is 1. The van der Waals surface area contributed by atoms with Gasteiger partial charge in [0.25, 0.3) is 0 Å². The largest absolute Gasteiger partial charge is 0.490 e. The lowest BCUT2D eigenvalue weighted by atomic mass is 10.0. The average molecular weight is 248 g/mol. The van der Waals surface area contributed by atoms with Gasteiger partial charge in [-0.25, -0.2) is 0 Å². The minimum atomic E-state index is 0.725. The second-order valence-corrected chi connectivity index (χ2v) is 4.98. The van der Waals surface area contributed by atoms with Gasteiger partial charge < -0.3 is 10.5 Å². The Labute approximate surface area is 110 Å². The van der Waals surface area contributed by atoms with Gasteiger partial charge in [0.05, 0.1) is 5.69 Å². The average Bonchev–Trinajstić information content (AvgIpc) is 2.41. The van der Waals surface area contributed by atoms with Crippen LogP contribution in [0.25, 0.3) is 0 Å². The summed E-state index contributed by atoms with van der Waals surface area (Å²) in [7, 11) is 0. The Morgan fingerprint density at radius 1 is 1.33 bits per heavy atom. The molecule has 1 heterocycles. The van der Waals surface area contributed by atoms with Gasteiger partial charge in [0, 0.05) is 12.6 Å². The van der Waals surface area contributed by atoms with E-state index in [9.17, 15) is 0 Å². The molecule has 1 aliphatic rings. The fourth-order valence-corrected chi connectivity index (χ4v) is 2.70. The van der Waals surface area contributed by atoms with Crippen molar-refractivity contribution in [2.24, 2.45) is 0 Å². The van der Waals surface area contributed by atoms with Crippen molar-refractivity contribution in [1.29, 1.82) is 0 Å². The van der Waals surface area contributed by atoms with Crippen LogP contribution in [-0.2, 0) is 0 Å². The zero-order valence-corrected chi connectivity index (χ0v) is 11.3. The normalized spacial score (nSPS) is 20.8. The van der Waals surface area contributed by atoms with Gasteiger partial charge in [0.1, 0.15) is 12.4 Å². The van der Waals surface area contributed by atoms with Crippen molar-refractivity contribution < 1.29 is 4.74 Å². The lowest BCUT2D eigenvalue weighted by Crippen LogP contribution is -2.41. The molecule has 1 atom stereocenters. The fourth-order valence-electron chi connectivity index (χ4n) is 2.70. The Kier molecular flexibility index (Phi) is 4.88. The second-order valence-electron chi connectivity index (χ2n) is 4.98. The molecular formula is C15H24N2O. The summed E-state index contributed by atoms with van der Waals surface area (Å²) in [6.45, 7) is 5.22. The van der Waals surface area contributed by atoms with Crippen molar-refractivity contribution in [2.75, 3.05) is 25.4 Å². The Bertz CT molecular complexity index is 367. The Morgan fingerprint density at radius 2 is 2.17 bits per heavy atom.